The molecule has 1 saturated heterocycles. The van der Waals surface area contributed by atoms with Gasteiger partial charge in [0.2, 0.25) is 0 Å². The Hall–Kier alpha value is -2.67. The van der Waals surface area contributed by atoms with Gasteiger partial charge < -0.3 is 19.1 Å². The van der Waals surface area contributed by atoms with Crippen LogP contribution in [0.15, 0.2) is 24.4 Å². The fourth-order valence-corrected chi connectivity index (χ4v) is 3.63. The third kappa shape index (κ3) is 4.25. The van der Waals surface area contributed by atoms with Crippen LogP contribution in [-0.2, 0) is 11.3 Å². The van der Waals surface area contributed by atoms with Gasteiger partial charge >= 0.3 is 0 Å². The lowest BCUT2D eigenvalue weighted by atomic mass is 9.90. The molecule has 150 valence electrons. The Labute approximate surface area is 165 Å². The average Bonchev–Trinajstić information content (AvgIpc) is 2.74. The highest BCUT2D eigenvalue weighted by Gasteiger charge is 2.28. The number of likely N-dealkylation sites (tertiary alicyclic amines) is 1. The van der Waals surface area contributed by atoms with E-state index in [0.717, 1.165) is 29.9 Å². The fraction of sp³-hybridized carbons (Fsp3) is 0.476. The number of carbonyl (C=O) groups excluding carboxylic acids is 1. The number of aromatic nitrogens is 2. The summed E-state index contributed by atoms with van der Waals surface area (Å²) < 4.78 is 15.9. The highest BCUT2D eigenvalue weighted by atomic mass is 16.5. The molecule has 7 heteroatoms. The zero-order valence-corrected chi connectivity index (χ0v) is 16.9. The summed E-state index contributed by atoms with van der Waals surface area (Å²) in [6.45, 7) is 3.74. The normalized spacial score (nSPS) is 14.8. The van der Waals surface area contributed by atoms with Crippen molar-refractivity contribution in [3.63, 3.8) is 0 Å². The average molecular weight is 385 g/mol. The number of rotatable bonds is 6. The van der Waals surface area contributed by atoms with Crippen LogP contribution in [0.4, 0.5) is 0 Å². The Morgan fingerprint density at radius 2 is 1.93 bits per heavy atom. The van der Waals surface area contributed by atoms with Crippen molar-refractivity contribution in [2.24, 2.45) is 0 Å². The minimum absolute atomic E-state index is 0.0195. The van der Waals surface area contributed by atoms with Crippen LogP contribution in [0.5, 0.6) is 11.5 Å². The van der Waals surface area contributed by atoms with E-state index in [1.807, 2.05) is 18.0 Å². The van der Waals surface area contributed by atoms with E-state index in [4.69, 9.17) is 14.2 Å². The van der Waals surface area contributed by atoms with Gasteiger partial charge in [0.25, 0.3) is 5.91 Å². The van der Waals surface area contributed by atoms with Crippen molar-refractivity contribution in [1.82, 2.24) is 14.9 Å². The molecule has 2 heterocycles. The second-order valence-electron chi connectivity index (χ2n) is 6.89. The lowest BCUT2D eigenvalue weighted by Crippen LogP contribution is -2.38. The fourth-order valence-electron chi connectivity index (χ4n) is 3.63. The summed E-state index contributed by atoms with van der Waals surface area (Å²) >= 11 is 0. The summed E-state index contributed by atoms with van der Waals surface area (Å²) in [5.74, 6) is 2.23. The van der Waals surface area contributed by atoms with Crippen molar-refractivity contribution in [3.05, 3.63) is 47.0 Å². The minimum Gasteiger partial charge on any atom is -0.497 e. The molecule has 0 saturated carbocycles. The second-order valence-corrected chi connectivity index (χ2v) is 6.89. The Morgan fingerprint density at radius 1 is 1.18 bits per heavy atom. The van der Waals surface area contributed by atoms with Crippen molar-refractivity contribution in [1.29, 1.82) is 0 Å². The Kier molecular flexibility index (Phi) is 6.46. The maximum absolute atomic E-state index is 13.0. The summed E-state index contributed by atoms with van der Waals surface area (Å²) in [6.07, 6.45) is 3.57. The van der Waals surface area contributed by atoms with E-state index in [-0.39, 0.29) is 5.91 Å². The molecule has 0 bridgehead atoms. The standard InChI is InChI=1S/C21H27N3O4/c1-14-22-12-16(13-26-2)20(23-14)15-7-9-24(10-8-15)21(25)18-6-5-17(27-3)11-19(18)28-4/h5-6,11-12,15H,7-10,13H2,1-4H3. The number of carbonyl (C=O) groups is 1. The summed E-state index contributed by atoms with van der Waals surface area (Å²) in [5, 5.41) is 0. The highest BCUT2D eigenvalue weighted by molar-refractivity contribution is 5.97. The molecule has 28 heavy (non-hydrogen) atoms. The highest BCUT2D eigenvalue weighted by Crippen LogP contribution is 2.31. The molecule has 0 spiro atoms. The van der Waals surface area contributed by atoms with Crippen molar-refractivity contribution < 1.29 is 19.0 Å². The van der Waals surface area contributed by atoms with E-state index in [2.05, 4.69) is 9.97 Å². The number of piperidine rings is 1. The first-order chi connectivity index (χ1) is 13.6. The van der Waals surface area contributed by atoms with Crippen LogP contribution in [0.25, 0.3) is 0 Å². The molecule has 7 nitrogen and oxygen atoms in total. The smallest absolute Gasteiger partial charge is 0.257 e. The molecule has 1 aromatic carbocycles. The van der Waals surface area contributed by atoms with E-state index in [1.54, 1.807) is 39.5 Å². The molecule has 1 aromatic heterocycles. The SMILES string of the molecule is COCc1cnc(C)nc1C1CCN(C(=O)c2ccc(OC)cc2OC)CC1. The van der Waals surface area contributed by atoms with Gasteiger partial charge in [-0.05, 0) is 31.9 Å². The van der Waals surface area contributed by atoms with Crippen LogP contribution in [0.1, 0.15) is 46.2 Å². The second kappa shape index (κ2) is 9.01. The first-order valence-electron chi connectivity index (χ1n) is 9.40. The van der Waals surface area contributed by atoms with Crippen LogP contribution >= 0.6 is 0 Å². The third-order valence-electron chi connectivity index (χ3n) is 5.13. The molecular weight excluding hydrogens is 358 g/mol. The summed E-state index contributed by atoms with van der Waals surface area (Å²) in [4.78, 5) is 23.8. The molecule has 0 radical (unpaired) electrons. The van der Waals surface area contributed by atoms with Gasteiger partial charge in [0.15, 0.2) is 0 Å². The summed E-state index contributed by atoms with van der Waals surface area (Å²) in [7, 11) is 4.83. The van der Waals surface area contributed by atoms with Crippen LogP contribution in [0.3, 0.4) is 0 Å². The third-order valence-corrected chi connectivity index (χ3v) is 5.13. The van der Waals surface area contributed by atoms with Gasteiger partial charge in [0.1, 0.15) is 17.3 Å². The lowest BCUT2D eigenvalue weighted by Gasteiger charge is -2.32. The van der Waals surface area contributed by atoms with Gasteiger partial charge in [-0.3, -0.25) is 4.79 Å². The zero-order chi connectivity index (χ0) is 20.1. The van der Waals surface area contributed by atoms with Crippen LogP contribution in [-0.4, -0.2) is 55.2 Å². The predicted octanol–water partition coefficient (Wildman–Crippen LogP) is 2.97. The maximum atomic E-state index is 13.0. The van der Waals surface area contributed by atoms with E-state index < -0.39 is 0 Å². The number of hydrogen-bond donors (Lipinski definition) is 0. The zero-order valence-electron chi connectivity index (χ0n) is 16.9. The molecule has 2 aromatic rings. The van der Waals surface area contributed by atoms with Gasteiger partial charge in [-0.1, -0.05) is 0 Å². The molecule has 1 fully saturated rings. The van der Waals surface area contributed by atoms with E-state index in [1.165, 1.54) is 0 Å². The van der Waals surface area contributed by atoms with Crippen molar-refractivity contribution in [2.45, 2.75) is 32.3 Å². The van der Waals surface area contributed by atoms with E-state index >= 15 is 0 Å². The van der Waals surface area contributed by atoms with Crippen LogP contribution in [0, 0.1) is 6.92 Å². The first-order valence-corrected chi connectivity index (χ1v) is 9.40. The number of amides is 1. The molecule has 3 rings (SSSR count). The van der Waals surface area contributed by atoms with Crippen molar-refractivity contribution in [2.75, 3.05) is 34.4 Å². The molecule has 0 atom stereocenters. The number of hydrogen-bond acceptors (Lipinski definition) is 6. The van der Waals surface area contributed by atoms with E-state index in [9.17, 15) is 4.79 Å². The number of ether oxygens (including phenoxy) is 3. The molecule has 1 aliphatic heterocycles. The van der Waals surface area contributed by atoms with Crippen molar-refractivity contribution in [3.8, 4) is 11.5 Å². The maximum Gasteiger partial charge on any atom is 0.257 e. The number of methoxy groups -OCH3 is 3. The van der Waals surface area contributed by atoms with Gasteiger partial charge in [-0.15, -0.1) is 0 Å². The molecule has 1 aliphatic rings. The van der Waals surface area contributed by atoms with Gasteiger partial charge in [-0.2, -0.15) is 0 Å². The Balaban J connectivity index is 1.72. The molecular formula is C21H27N3O4. The lowest BCUT2D eigenvalue weighted by molar-refractivity contribution is 0.0707. The first kappa shape index (κ1) is 20.1. The van der Waals surface area contributed by atoms with Gasteiger partial charge in [-0.25, -0.2) is 9.97 Å². The summed E-state index contributed by atoms with van der Waals surface area (Å²) in [6, 6.07) is 5.28. The monoisotopic (exact) mass is 385 g/mol. The number of aryl methyl sites for hydroxylation is 1. The Morgan fingerprint density at radius 3 is 2.57 bits per heavy atom. The molecule has 0 aliphatic carbocycles. The quantitative estimate of drug-likeness (QED) is 0.761. The van der Waals surface area contributed by atoms with Crippen molar-refractivity contribution >= 4 is 5.91 Å². The van der Waals surface area contributed by atoms with Crippen LogP contribution in [0.2, 0.25) is 0 Å². The minimum atomic E-state index is -0.0195. The summed E-state index contributed by atoms with van der Waals surface area (Å²) in [5.41, 5.74) is 2.62. The van der Waals surface area contributed by atoms with Gasteiger partial charge in [0, 0.05) is 43.9 Å². The molecule has 0 unspecified atom stereocenters. The van der Waals surface area contributed by atoms with Crippen LogP contribution < -0.4 is 9.47 Å². The predicted molar refractivity (Wildman–Crippen MR) is 105 cm³/mol. The number of benzene rings is 1. The Bertz CT molecular complexity index is 832. The molecule has 1 amide bonds. The van der Waals surface area contributed by atoms with Gasteiger partial charge in [0.05, 0.1) is 32.1 Å². The number of nitrogens with zero attached hydrogens (tertiary/aromatic N) is 3. The topological polar surface area (TPSA) is 73.8 Å². The molecule has 0 N–H and O–H groups in total. The van der Waals surface area contributed by atoms with E-state index in [0.29, 0.717) is 42.7 Å². The largest absolute Gasteiger partial charge is 0.497 e.